The van der Waals surface area contributed by atoms with Crippen molar-refractivity contribution < 1.29 is 41.7 Å². The van der Waals surface area contributed by atoms with E-state index in [0.717, 1.165) is 12.1 Å². The lowest BCUT2D eigenvalue weighted by Gasteiger charge is -2.32. The van der Waals surface area contributed by atoms with Crippen LogP contribution in [-0.4, -0.2) is 54.2 Å². The SMILES string of the molecule is N#Cc1ccc(N2C(=O)C3(CCOC3)N(c3ccc4c(c3)OCC(CO)O4)C2=S)c(F)c1C(F)(F)F. The van der Waals surface area contributed by atoms with Gasteiger partial charge in [-0.2, -0.15) is 18.4 Å². The number of carbonyl (C=O) groups excluding carboxylic acids is 1. The predicted molar refractivity (Wildman–Crippen MR) is 120 cm³/mol. The van der Waals surface area contributed by atoms with Crippen LogP contribution < -0.4 is 19.3 Å². The Morgan fingerprint density at radius 1 is 1.25 bits per heavy atom. The summed E-state index contributed by atoms with van der Waals surface area (Å²) in [5.41, 5.74) is -4.46. The average Bonchev–Trinajstić information content (AvgIpc) is 3.41. The maximum Gasteiger partial charge on any atom is 0.420 e. The van der Waals surface area contributed by atoms with Gasteiger partial charge < -0.3 is 24.2 Å². The van der Waals surface area contributed by atoms with Gasteiger partial charge in [-0.15, -0.1) is 0 Å². The molecule has 13 heteroatoms. The Bertz CT molecular complexity index is 1310. The van der Waals surface area contributed by atoms with Gasteiger partial charge in [0.05, 0.1) is 30.5 Å². The second-order valence-electron chi connectivity index (χ2n) is 8.39. The molecule has 1 N–H and O–H groups in total. The number of ether oxygens (including phenoxy) is 3. The summed E-state index contributed by atoms with van der Waals surface area (Å²) in [6.07, 6.45) is -5.58. The minimum Gasteiger partial charge on any atom is -0.486 e. The van der Waals surface area contributed by atoms with Crippen molar-refractivity contribution in [2.45, 2.75) is 24.2 Å². The summed E-state index contributed by atoms with van der Waals surface area (Å²) in [6, 6.07) is 7.74. The zero-order valence-corrected chi connectivity index (χ0v) is 19.2. The lowest BCUT2D eigenvalue weighted by atomic mass is 9.95. The Hall–Kier alpha value is -3.47. The first-order valence-electron chi connectivity index (χ1n) is 10.7. The van der Waals surface area contributed by atoms with Crippen molar-refractivity contribution in [3.8, 4) is 17.6 Å². The quantitative estimate of drug-likeness (QED) is 0.485. The highest BCUT2D eigenvalue weighted by Gasteiger charge is 2.59. The number of rotatable bonds is 3. The van der Waals surface area contributed by atoms with Crippen molar-refractivity contribution in [1.29, 1.82) is 5.26 Å². The number of alkyl halides is 3. The second kappa shape index (κ2) is 8.58. The average molecular weight is 523 g/mol. The van der Waals surface area contributed by atoms with Gasteiger partial charge in [0.15, 0.2) is 34.1 Å². The van der Waals surface area contributed by atoms with E-state index in [9.17, 15) is 23.1 Å². The number of amides is 1. The van der Waals surface area contributed by atoms with E-state index in [2.05, 4.69) is 0 Å². The summed E-state index contributed by atoms with van der Waals surface area (Å²) in [5, 5.41) is 18.1. The molecule has 0 aliphatic carbocycles. The molecule has 188 valence electrons. The molecule has 2 unspecified atom stereocenters. The van der Waals surface area contributed by atoms with Crippen molar-refractivity contribution in [2.24, 2.45) is 0 Å². The molecule has 3 aliphatic rings. The number of aliphatic hydroxyl groups is 1. The molecule has 0 radical (unpaired) electrons. The van der Waals surface area contributed by atoms with Gasteiger partial charge in [0.2, 0.25) is 0 Å². The Morgan fingerprint density at radius 2 is 2.03 bits per heavy atom. The lowest BCUT2D eigenvalue weighted by Crippen LogP contribution is -2.50. The summed E-state index contributed by atoms with van der Waals surface area (Å²) >= 11 is 5.52. The number of thiocarbonyl (C=S) groups is 1. The highest BCUT2D eigenvalue weighted by atomic mass is 32.1. The van der Waals surface area contributed by atoms with Crippen LogP contribution in [0.5, 0.6) is 11.5 Å². The molecule has 3 aliphatic heterocycles. The van der Waals surface area contributed by atoms with Gasteiger partial charge in [-0.1, -0.05) is 0 Å². The molecular formula is C23H17F4N3O5S. The van der Waals surface area contributed by atoms with Crippen LogP contribution in [0.2, 0.25) is 0 Å². The summed E-state index contributed by atoms with van der Waals surface area (Å²) in [7, 11) is 0. The Kier molecular flexibility index (Phi) is 5.77. The number of anilines is 2. The minimum absolute atomic E-state index is 0.0768. The number of hydrogen-bond donors (Lipinski definition) is 1. The maximum atomic E-state index is 15.3. The van der Waals surface area contributed by atoms with E-state index < -0.39 is 46.4 Å². The third-order valence-corrected chi connectivity index (χ3v) is 6.65. The zero-order valence-electron chi connectivity index (χ0n) is 18.3. The number of nitrogens with zero attached hydrogens (tertiary/aromatic N) is 3. The molecule has 5 rings (SSSR count). The number of nitriles is 1. The third kappa shape index (κ3) is 3.56. The van der Waals surface area contributed by atoms with Crippen LogP contribution >= 0.6 is 12.2 Å². The van der Waals surface area contributed by atoms with Gasteiger partial charge in [-0.05, 0) is 36.5 Å². The van der Waals surface area contributed by atoms with Crippen molar-refractivity contribution >= 4 is 34.6 Å². The van der Waals surface area contributed by atoms with Crippen LogP contribution in [0.15, 0.2) is 30.3 Å². The lowest BCUT2D eigenvalue weighted by molar-refractivity contribution is -0.140. The van der Waals surface area contributed by atoms with Gasteiger partial charge in [-0.3, -0.25) is 9.69 Å². The number of benzene rings is 2. The Morgan fingerprint density at radius 3 is 2.67 bits per heavy atom. The van der Waals surface area contributed by atoms with Crippen LogP contribution in [0.3, 0.4) is 0 Å². The van der Waals surface area contributed by atoms with E-state index in [0.29, 0.717) is 22.1 Å². The summed E-state index contributed by atoms with van der Waals surface area (Å²) < 4.78 is 72.9. The standard InChI is InChI=1S/C23H17F4N3O5S/c24-19-15(3-1-12(8-28)18(19)23(25,26)27)29-20(32)22(5-6-33-11-22)30(21(29)36)13-2-4-16-17(7-13)34-10-14(9-31)35-16/h1-4,7,14,31H,5-6,9-11H2. The summed E-state index contributed by atoms with van der Waals surface area (Å²) in [4.78, 5) is 15.8. The molecule has 0 saturated carbocycles. The van der Waals surface area contributed by atoms with Gasteiger partial charge >= 0.3 is 6.18 Å². The van der Waals surface area contributed by atoms with E-state index in [1.54, 1.807) is 18.2 Å². The van der Waals surface area contributed by atoms with Gasteiger partial charge in [0.1, 0.15) is 12.2 Å². The topological polar surface area (TPSA) is 95.3 Å². The smallest absolute Gasteiger partial charge is 0.420 e. The van der Waals surface area contributed by atoms with Crippen molar-refractivity contribution in [2.75, 3.05) is 36.2 Å². The Balaban J connectivity index is 1.61. The van der Waals surface area contributed by atoms with Crippen LogP contribution in [0, 0.1) is 17.1 Å². The first-order chi connectivity index (χ1) is 17.1. The highest BCUT2D eigenvalue weighted by molar-refractivity contribution is 7.81. The largest absolute Gasteiger partial charge is 0.486 e. The van der Waals surface area contributed by atoms with Crippen molar-refractivity contribution in [3.63, 3.8) is 0 Å². The van der Waals surface area contributed by atoms with E-state index in [1.165, 1.54) is 11.0 Å². The minimum atomic E-state index is -5.17. The zero-order chi connectivity index (χ0) is 25.8. The highest BCUT2D eigenvalue weighted by Crippen LogP contribution is 2.46. The van der Waals surface area contributed by atoms with Crippen molar-refractivity contribution in [1.82, 2.24) is 0 Å². The predicted octanol–water partition coefficient (Wildman–Crippen LogP) is 3.15. The fourth-order valence-corrected chi connectivity index (χ4v) is 5.04. The van der Waals surface area contributed by atoms with Crippen molar-refractivity contribution in [3.05, 3.63) is 47.3 Å². The number of carbonyl (C=O) groups is 1. The first kappa shape index (κ1) is 24.2. The molecule has 0 bridgehead atoms. The van der Waals surface area contributed by atoms with Crippen LogP contribution in [-0.2, 0) is 15.7 Å². The third-order valence-electron chi connectivity index (χ3n) is 6.29. The van der Waals surface area contributed by atoms with Gasteiger partial charge in [0.25, 0.3) is 5.91 Å². The molecule has 8 nitrogen and oxygen atoms in total. The molecule has 2 atom stereocenters. The van der Waals surface area contributed by atoms with E-state index in [1.807, 2.05) is 0 Å². The number of aliphatic hydroxyl groups excluding tert-OH is 1. The molecule has 36 heavy (non-hydrogen) atoms. The molecular weight excluding hydrogens is 506 g/mol. The number of fused-ring (bicyclic) bond motifs is 1. The fourth-order valence-electron chi connectivity index (χ4n) is 4.58. The molecule has 2 saturated heterocycles. The fraction of sp³-hybridized carbons (Fsp3) is 0.348. The molecule has 2 fully saturated rings. The maximum absolute atomic E-state index is 15.3. The number of hydrogen-bond acceptors (Lipinski definition) is 7. The van der Waals surface area contributed by atoms with E-state index >= 15 is 4.39 Å². The molecule has 1 spiro atoms. The monoisotopic (exact) mass is 523 g/mol. The molecule has 1 amide bonds. The van der Waals surface area contributed by atoms with E-state index in [4.69, 9.17) is 31.7 Å². The van der Waals surface area contributed by atoms with Gasteiger partial charge in [0, 0.05) is 24.8 Å². The van der Waals surface area contributed by atoms with Crippen LogP contribution in [0.1, 0.15) is 17.5 Å². The molecule has 2 aromatic rings. The molecule has 2 aromatic carbocycles. The molecule has 0 aromatic heterocycles. The molecule has 3 heterocycles. The Labute approximate surface area is 207 Å². The normalized spacial score (nSPS) is 23.5. The van der Waals surface area contributed by atoms with E-state index in [-0.39, 0.29) is 38.0 Å². The summed E-state index contributed by atoms with van der Waals surface area (Å²) in [6.45, 7) is -0.136. The van der Waals surface area contributed by atoms with Crippen LogP contribution in [0.25, 0.3) is 0 Å². The van der Waals surface area contributed by atoms with Gasteiger partial charge in [-0.25, -0.2) is 4.39 Å². The summed E-state index contributed by atoms with van der Waals surface area (Å²) in [5.74, 6) is -1.87. The van der Waals surface area contributed by atoms with Crippen LogP contribution in [0.4, 0.5) is 28.9 Å². The second-order valence-corrected chi connectivity index (χ2v) is 8.75. The first-order valence-corrected chi connectivity index (χ1v) is 11.1. The number of halogens is 4.